The molecule has 1 fully saturated rings. The van der Waals surface area contributed by atoms with E-state index in [1.54, 1.807) is 6.07 Å². The number of nitrogens with two attached hydrogens (primary N) is 2. The zero-order valence-electron chi connectivity index (χ0n) is 11.3. The maximum Gasteiger partial charge on any atom is 0.0452 e. The van der Waals surface area contributed by atoms with Crippen molar-refractivity contribution < 1.29 is 0 Å². The lowest BCUT2D eigenvalue weighted by molar-refractivity contribution is 0.258. The van der Waals surface area contributed by atoms with Gasteiger partial charge in [-0.15, -0.1) is 24.8 Å². The summed E-state index contributed by atoms with van der Waals surface area (Å²) in [4.78, 5) is 0. The predicted octanol–water partition coefficient (Wildman–Crippen LogP) is 4.37. The first kappa shape index (κ1) is 20.3. The Kier molecular flexibility index (Phi) is 8.80. The summed E-state index contributed by atoms with van der Waals surface area (Å²) in [7, 11) is 0. The minimum Gasteiger partial charge on any atom is -0.328 e. The zero-order chi connectivity index (χ0) is 13.2. The standard InChI is InChI=1S/C14H20Cl2N2.2ClH/c15-11-2-1-10(13(16)9-11)3-6-14(18)7-4-12(17)5-8-14;;/h1-2,9,12H,3-8,17-18H2;2*1H. The van der Waals surface area contributed by atoms with Gasteiger partial charge in [0.15, 0.2) is 0 Å². The van der Waals surface area contributed by atoms with Gasteiger partial charge in [-0.05, 0) is 56.2 Å². The first-order chi connectivity index (χ1) is 8.48. The summed E-state index contributed by atoms with van der Waals surface area (Å²) in [6, 6.07) is 5.99. The molecule has 0 aromatic heterocycles. The molecule has 2 nitrogen and oxygen atoms in total. The van der Waals surface area contributed by atoms with E-state index in [0.29, 0.717) is 11.1 Å². The molecule has 0 atom stereocenters. The van der Waals surface area contributed by atoms with Crippen molar-refractivity contribution in [3.8, 4) is 0 Å². The molecule has 0 heterocycles. The van der Waals surface area contributed by atoms with Gasteiger partial charge in [0.25, 0.3) is 0 Å². The highest BCUT2D eigenvalue weighted by Gasteiger charge is 2.30. The molecule has 1 aromatic carbocycles. The number of benzene rings is 1. The van der Waals surface area contributed by atoms with Crippen molar-refractivity contribution in [3.63, 3.8) is 0 Å². The highest BCUT2D eigenvalue weighted by atomic mass is 35.5. The third kappa shape index (κ3) is 5.59. The molecular weight excluding hydrogens is 338 g/mol. The van der Waals surface area contributed by atoms with Crippen LogP contribution in [-0.4, -0.2) is 11.6 Å². The van der Waals surface area contributed by atoms with Crippen LogP contribution in [0.5, 0.6) is 0 Å². The van der Waals surface area contributed by atoms with Crippen LogP contribution < -0.4 is 11.5 Å². The fourth-order valence-electron chi connectivity index (χ4n) is 2.57. The molecule has 1 aliphatic carbocycles. The molecule has 0 saturated heterocycles. The van der Waals surface area contributed by atoms with Crippen LogP contribution in [0.25, 0.3) is 0 Å². The summed E-state index contributed by atoms with van der Waals surface area (Å²) in [5.74, 6) is 0. The van der Waals surface area contributed by atoms with Gasteiger partial charge >= 0.3 is 0 Å². The maximum atomic E-state index is 6.42. The van der Waals surface area contributed by atoms with E-state index in [1.165, 1.54) is 0 Å². The third-order valence-electron chi connectivity index (χ3n) is 3.93. The van der Waals surface area contributed by atoms with Crippen LogP contribution >= 0.6 is 48.0 Å². The summed E-state index contributed by atoms with van der Waals surface area (Å²) in [5, 5.41) is 1.41. The molecule has 0 aliphatic heterocycles. The molecular formula is C14H22Cl4N2. The highest BCUT2D eigenvalue weighted by molar-refractivity contribution is 6.35. The van der Waals surface area contributed by atoms with Crippen molar-refractivity contribution in [1.29, 1.82) is 0 Å². The molecule has 0 amide bonds. The average Bonchev–Trinajstić information content (AvgIpc) is 2.32. The van der Waals surface area contributed by atoms with Gasteiger partial charge in [0.05, 0.1) is 0 Å². The molecule has 0 unspecified atom stereocenters. The van der Waals surface area contributed by atoms with Crippen LogP contribution in [0.1, 0.15) is 37.7 Å². The molecule has 1 aliphatic rings. The summed E-state index contributed by atoms with van der Waals surface area (Å²) in [5.41, 5.74) is 13.4. The fraction of sp³-hybridized carbons (Fsp3) is 0.571. The Hall–Kier alpha value is 0.300. The lowest BCUT2D eigenvalue weighted by atomic mass is 9.77. The second kappa shape index (κ2) is 8.67. The summed E-state index contributed by atoms with van der Waals surface area (Å²) in [6.45, 7) is 0. The first-order valence-electron chi connectivity index (χ1n) is 6.47. The predicted molar refractivity (Wildman–Crippen MR) is 92.6 cm³/mol. The third-order valence-corrected chi connectivity index (χ3v) is 4.52. The Balaban J connectivity index is 0.00000180. The quantitative estimate of drug-likeness (QED) is 0.841. The number of aryl methyl sites for hydroxylation is 1. The lowest BCUT2D eigenvalue weighted by Crippen LogP contribution is -2.46. The van der Waals surface area contributed by atoms with Gasteiger partial charge in [0.2, 0.25) is 0 Å². The Labute approximate surface area is 143 Å². The number of halogens is 4. The largest absolute Gasteiger partial charge is 0.328 e. The Bertz CT molecular complexity index is 418. The summed E-state index contributed by atoms with van der Waals surface area (Å²) in [6.07, 6.45) is 5.96. The maximum absolute atomic E-state index is 6.42. The lowest BCUT2D eigenvalue weighted by Gasteiger charge is -2.36. The molecule has 0 bridgehead atoms. The van der Waals surface area contributed by atoms with Crippen molar-refractivity contribution in [2.45, 2.75) is 50.1 Å². The molecule has 4 N–H and O–H groups in total. The van der Waals surface area contributed by atoms with Gasteiger partial charge in [-0.3, -0.25) is 0 Å². The van der Waals surface area contributed by atoms with E-state index < -0.39 is 0 Å². The monoisotopic (exact) mass is 358 g/mol. The van der Waals surface area contributed by atoms with E-state index in [9.17, 15) is 0 Å². The van der Waals surface area contributed by atoms with E-state index in [0.717, 1.165) is 49.1 Å². The van der Waals surface area contributed by atoms with E-state index in [2.05, 4.69) is 0 Å². The fourth-order valence-corrected chi connectivity index (χ4v) is 3.08. The van der Waals surface area contributed by atoms with Crippen LogP contribution in [0, 0.1) is 0 Å². The van der Waals surface area contributed by atoms with Gasteiger partial charge in [0.1, 0.15) is 0 Å². The molecule has 116 valence electrons. The molecule has 20 heavy (non-hydrogen) atoms. The highest BCUT2D eigenvalue weighted by Crippen LogP contribution is 2.31. The van der Waals surface area contributed by atoms with E-state index in [1.807, 2.05) is 12.1 Å². The molecule has 0 spiro atoms. The van der Waals surface area contributed by atoms with Crippen molar-refractivity contribution in [2.75, 3.05) is 0 Å². The van der Waals surface area contributed by atoms with Gasteiger partial charge in [-0.25, -0.2) is 0 Å². The van der Waals surface area contributed by atoms with Crippen molar-refractivity contribution in [2.24, 2.45) is 11.5 Å². The SMILES string of the molecule is Cl.Cl.NC1CCC(N)(CCc2ccc(Cl)cc2Cl)CC1. The minimum absolute atomic E-state index is 0. The van der Waals surface area contributed by atoms with Gasteiger partial charge in [-0.1, -0.05) is 29.3 Å². The first-order valence-corrected chi connectivity index (χ1v) is 7.22. The Morgan fingerprint density at radius 3 is 2.30 bits per heavy atom. The van der Waals surface area contributed by atoms with E-state index in [4.69, 9.17) is 34.7 Å². The number of hydrogen-bond donors (Lipinski definition) is 2. The van der Waals surface area contributed by atoms with Crippen LogP contribution in [0.3, 0.4) is 0 Å². The Morgan fingerprint density at radius 2 is 1.75 bits per heavy atom. The van der Waals surface area contributed by atoms with Crippen LogP contribution in [-0.2, 0) is 6.42 Å². The van der Waals surface area contributed by atoms with Crippen LogP contribution in [0.4, 0.5) is 0 Å². The second-order valence-corrected chi connectivity index (χ2v) is 6.28. The van der Waals surface area contributed by atoms with E-state index in [-0.39, 0.29) is 30.4 Å². The zero-order valence-corrected chi connectivity index (χ0v) is 14.4. The minimum atomic E-state index is -0.0706. The summed E-state index contributed by atoms with van der Waals surface area (Å²) < 4.78 is 0. The topological polar surface area (TPSA) is 52.0 Å². The molecule has 0 radical (unpaired) electrons. The van der Waals surface area contributed by atoms with Crippen molar-refractivity contribution >= 4 is 48.0 Å². The molecule has 1 saturated carbocycles. The normalized spacial score (nSPS) is 25.5. The van der Waals surface area contributed by atoms with Crippen LogP contribution in [0.2, 0.25) is 10.0 Å². The van der Waals surface area contributed by atoms with Gasteiger partial charge < -0.3 is 11.5 Å². The number of rotatable bonds is 3. The molecule has 1 aromatic rings. The number of hydrogen-bond acceptors (Lipinski definition) is 2. The van der Waals surface area contributed by atoms with Crippen molar-refractivity contribution in [3.05, 3.63) is 33.8 Å². The smallest absolute Gasteiger partial charge is 0.0452 e. The summed E-state index contributed by atoms with van der Waals surface area (Å²) >= 11 is 12.1. The van der Waals surface area contributed by atoms with Gasteiger partial charge in [-0.2, -0.15) is 0 Å². The Morgan fingerprint density at radius 1 is 1.15 bits per heavy atom. The average molecular weight is 360 g/mol. The van der Waals surface area contributed by atoms with Crippen molar-refractivity contribution in [1.82, 2.24) is 0 Å². The second-order valence-electron chi connectivity index (χ2n) is 5.44. The molecule has 6 heteroatoms. The molecule has 2 rings (SSSR count). The van der Waals surface area contributed by atoms with Crippen LogP contribution in [0.15, 0.2) is 18.2 Å². The van der Waals surface area contributed by atoms with E-state index >= 15 is 0 Å². The van der Waals surface area contributed by atoms with Gasteiger partial charge in [0, 0.05) is 21.6 Å².